The number of carbonyl (C=O) groups is 2. The highest BCUT2D eigenvalue weighted by atomic mass is 32.2. The molecular formula is C27H28N4O5S. The number of nitrogens with zero attached hydrogens (tertiary/aromatic N) is 1. The van der Waals surface area contributed by atoms with E-state index in [9.17, 15) is 18.0 Å². The maximum absolute atomic E-state index is 12.8. The van der Waals surface area contributed by atoms with Crippen LogP contribution in [0.15, 0.2) is 71.8 Å². The van der Waals surface area contributed by atoms with E-state index in [1.54, 1.807) is 42.6 Å². The fourth-order valence-corrected chi connectivity index (χ4v) is 6.25. The van der Waals surface area contributed by atoms with Crippen molar-refractivity contribution in [2.45, 2.75) is 49.6 Å². The lowest BCUT2D eigenvalue weighted by atomic mass is 9.53. The quantitative estimate of drug-likeness (QED) is 0.416. The Morgan fingerprint density at radius 2 is 1.76 bits per heavy atom. The number of aryl methyl sites for hydroxylation is 1. The first-order valence-electron chi connectivity index (χ1n) is 12.0. The van der Waals surface area contributed by atoms with Crippen molar-refractivity contribution in [1.82, 2.24) is 10.3 Å². The van der Waals surface area contributed by atoms with E-state index in [1.807, 2.05) is 19.1 Å². The van der Waals surface area contributed by atoms with Gasteiger partial charge in [-0.1, -0.05) is 23.8 Å². The molecule has 1 spiro atoms. The molecule has 5 rings (SSSR count). The molecule has 4 N–H and O–H groups in total. The summed E-state index contributed by atoms with van der Waals surface area (Å²) in [6.45, 7) is 1.92. The van der Waals surface area contributed by atoms with Crippen molar-refractivity contribution >= 4 is 27.5 Å². The minimum atomic E-state index is -3.83. The van der Waals surface area contributed by atoms with Gasteiger partial charge >= 0.3 is 0 Å². The molecule has 2 aliphatic carbocycles. The van der Waals surface area contributed by atoms with Gasteiger partial charge in [-0.25, -0.2) is 13.4 Å². The number of hydrogen-bond donors (Lipinski definition) is 3. The molecule has 1 aromatic heterocycles. The van der Waals surface area contributed by atoms with Gasteiger partial charge in [-0.2, -0.15) is 0 Å². The zero-order valence-electron chi connectivity index (χ0n) is 20.3. The van der Waals surface area contributed by atoms with Crippen LogP contribution in [0.3, 0.4) is 0 Å². The van der Waals surface area contributed by atoms with Gasteiger partial charge in [0.25, 0.3) is 21.8 Å². The first kappa shape index (κ1) is 24.8. The Labute approximate surface area is 215 Å². The average molecular weight is 521 g/mol. The molecule has 2 saturated carbocycles. The zero-order chi connectivity index (χ0) is 26.2. The summed E-state index contributed by atoms with van der Waals surface area (Å²) in [5.74, 6) is -0.629. The smallest absolute Gasteiger partial charge is 0.261 e. The third kappa shape index (κ3) is 5.29. The number of anilines is 1. The largest absolute Gasteiger partial charge is 0.474 e. The summed E-state index contributed by atoms with van der Waals surface area (Å²) in [4.78, 5) is 28.6. The van der Waals surface area contributed by atoms with E-state index in [0.29, 0.717) is 5.69 Å². The Kier molecular flexibility index (Phi) is 6.36. The molecule has 192 valence electrons. The molecular weight excluding hydrogens is 492 g/mol. The molecule has 0 radical (unpaired) electrons. The number of nitrogens with one attached hydrogen (secondary N) is 2. The number of amides is 2. The number of aromatic nitrogens is 1. The first-order chi connectivity index (χ1) is 17.6. The minimum Gasteiger partial charge on any atom is -0.474 e. The number of benzene rings is 2. The van der Waals surface area contributed by atoms with E-state index in [4.69, 9.17) is 10.5 Å². The lowest BCUT2D eigenvalue weighted by molar-refractivity contribution is -0.0848. The van der Waals surface area contributed by atoms with E-state index in [0.717, 1.165) is 31.2 Å². The summed E-state index contributed by atoms with van der Waals surface area (Å²) in [5.41, 5.74) is 7.53. The number of primary amides is 1. The highest BCUT2D eigenvalue weighted by Gasteiger charge is 2.54. The SMILES string of the molecule is Cc1ccc(NS(=O)(=O)c2cccc(C(=O)NC3CC4(C3)CC(Oc3ncccc3C(N)=O)C4)c2)cc1. The third-order valence-electron chi connectivity index (χ3n) is 7.04. The molecule has 2 aromatic carbocycles. The average Bonchev–Trinajstić information content (AvgIpc) is 2.83. The monoisotopic (exact) mass is 520 g/mol. The van der Waals surface area contributed by atoms with Crippen molar-refractivity contribution in [2.75, 3.05) is 4.72 Å². The lowest BCUT2D eigenvalue weighted by Gasteiger charge is -2.57. The standard InChI is InChI=1S/C27H28N4O5S/c1-17-7-9-19(10-8-17)31-37(34,35)22-5-2-4-18(12-22)25(33)30-20-13-27(14-20)15-21(16-27)36-26-23(24(28)32)6-3-11-29-26/h2-12,20-21,31H,13-16H2,1H3,(H2,28,32)(H,30,33). The summed E-state index contributed by atoms with van der Waals surface area (Å²) in [6.07, 6.45) is 4.77. The summed E-state index contributed by atoms with van der Waals surface area (Å²) >= 11 is 0. The van der Waals surface area contributed by atoms with Gasteiger partial charge in [-0.15, -0.1) is 0 Å². The van der Waals surface area contributed by atoms with E-state index in [-0.39, 0.29) is 45.4 Å². The van der Waals surface area contributed by atoms with Crippen LogP contribution < -0.4 is 20.5 Å². The second-order valence-electron chi connectivity index (χ2n) is 9.95. The van der Waals surface area contributed by atoms with Crippen LogP contribution in [0.2, 0.25) is 0 Å². The van der Waals surface area contributed by atoms with Gasteiger partial charge in [-0.05, 0) is 80.5 Å². The van der Waals surface area contributed by atoms with Gasteiger partial charge in [-0.3, -0.25) is 14.3 Å². The number of rotatable bonds is 8. The van der Waals surface area contributed by atoms with Gasteiger partial charge < -0.3 is 15.8 Å². The predicted molar refractivity (Wildman–Crippen MR) is 138 cm³/mol. The molecule has 0 unspecified atom stereocenters. The topological polar surface area (TPSA) is 140 Å². The molecule has 10 heteroatoms. The molecule has 0 bridgehead atoms. The van der Waals surface area contributed by atoms with Crippen molar-refractivity contribution in [3.05, 3.63) is 83.6 Å². The van der Waals surface area contributed by atoms with E-state index in [2.05, 4.69) is 15.0 Å². The Hall–Kier alpha value is -3.92. The summed E-state index contributed by atoms with van der Waals surface area (Å²) < 4.78 is 34.1. The van der Waals surface area contributed by atoms with E-state index < -0.39 is 15.9 Å². The maximum atomic E-state index is 12.8. The molecule has 2 amide bonds. The fraction of sp³-hybridized carbons (Fsp3) is 0.296. The Morgan fingerprint density at radius 3 is 2.46 bits per heavy atom. The Balaban J connectivity index is 1.14. The Morgan fingerprint density at radius 1 is 1.03 bits per heavy atom. The second kappa shape index (κ2) is 9.51. The van der Waals surface area contributed by atoms with Crippen LogP contribution in [0.4, 0.5) is 5.69 Å². The van der Waals surface area contributed by atoms with Crippen molar-refractivity contribution in [2.24, 2.45) is 11.1 Å². The van der Waals surface area contributed by atoms with Crippen LogP contribution >= 0.6 is 0 Å². The number of carbonyl (C=O) groups excluding carboxylic acids is 2. The van der Waals surface area contributed by atoms with Crippen LogP contribution in [0.25, 0.3) is 0 Å². The van der Waals surface area contributed by atoms with Crippen LogP contribution in [-0.4, -0.2) is 37.4 Å². The fourth-order valence-electron chi connectivity index (χ4n) is 5.15. The number of sulfonamides is 1. The van der Waals surface area contributed by atoms with Crippen molar-refractivity contribution in [3.8, 4) is 5.88 Å². The van der Waals surface area contributed by atoms with Crippen LogP contribution in [0.5, 0.6) is 5.88 Å². The number of nitrogens with two attached hydrogens (primary N) is 1. The molecule has 1 heterocycles. The molecule has 2 fully saturated rings. The molecule has 2 aliphatic rings. The molecule has 9 nitrogen and oxygen atoms in total. The van der Waals surface area contributed by atoms with Crippen LogP contribution in [0, 0.1) is 12.3 Å². The van der Waals surface area contributed by atoms with E-state index in [1.165, 1.54) is 12.1 Å². The second-order valence-corrected chi connectivity index (χ2v) is 11.6. The van der Waals surface area contributed by atoms with Crippen LogP contribution in [-0.2, 0) is 10.0 Å². The summed E-state index contributed by atoms with van der Waals surface area (Å²) in [7, 11) is -3.83. The maximum Gasteiger partial charge on any atom is 0.261 e. The van der Waals surface area contributed by atoms with Gasteiger partial charge in [0.2, 0.25) is 5.88 Å². The molecule has 0 atom stereocenters. The van der Waals surface area contributed by atoms with Crippen molar-refractivity contribution in [1.29, 1.82) is 0 Å². The molecule has 3 aromatic rings. The normalized spacial score (nSPS) is 22.4. The number of pyridine rings is 1. The van der Waals surface area contributed by atoms with Gasteiger partial charge in [0, 0.05) is 23.5 Å². The van der Waals surface area contributed by atoms with Gasteiger partial charge in [0.1, 0.15) is 11.7 Å². The predicted octanol–water partition coefficient (Wildman–Crippen LogP) is 3.41. The van der Waals surface area contributed by atoms with Gasteiger partial charge in [0.15, 0.2) is 0 Å². The minimum absolute atomic E-state index is 0.00966. The van der Waals surface area contributed by atoms with Crippen molar-refractivity contribution in [3.63, 3.8) is 0 Å². The third-order valence-corrected chi connectivity index (χ3v) is 8.42. The van der Waals surface area contributed by atoms with Crippen LogP contribution in [0.1, 0.15) is 52.0 Å². The summed E-state index contributed by atoms with van der Waals surface area (Å²) in [5, 5.41) is 3.01. The molecule has 0 aliphatic heterocycles. The first-order valence-corrected chi connectivity index (χ1v) is 13.5. The number of ether oxygens (including phenoxy) is 1. The molecule has 0 saturated heterocycles. The lowest BCUT2D eigenvalue weighted by Crippen LogP contribution is -2.58. The van der Waals surface area contributed by atoms with E-state index >= 15 is 0 Å². The summed E-state index contributed by atoms with van der Waals surface area (Å²) in [6, 6.07) is 16.3. The zero-order valence-corrected chi connectivity index (χ0v) is 21.1. The highest BCUT2D eigenvalue weighted by molar-refractivity contribution is 7.92. The number of hydrogen-bond acceptors (Lipinski definition) is 6. The Bertz CT molecular complexity index is 1440. The highest BCUT2D eigenvalue weighted by Crippen LogP contribution is 2.56. The van der Waals surface area contributed by atoms with Gasteiger partial charge in [0.05, 0.1) is 4.90 Å². The van der Waals surface area contributed by atoms with Crippen molar-refractivity contribution < 1.29 is 22.7 Å². The molecule has 37 heavy (non-hydrogen) atoms.